The lowest BCUT2D eigenvalue weighted by Crippen LogP contribution is -2.31. The first-order valence-electron chi connectivity index (χ1n) is 6.22. The molecule has 0 aliphatic carbocycles. The van der Waals surface area contributed by atoms with Crippen LogP contribution in [0.4, 0.5) is 0 Å². The maximum atomic E-state index is 11.9. The van der Waals surface area contributed by atoms with E-state index in [1.807, 2.05) is 0 Å². The van der Waals surface area contributed by atoms with Crippen LogP contribution in [0.25, 0.3) is 0 Å². The van der Waals surface area contributed by atoms with Crippen molar-refractivity contribution < 1.29 is 28.5 Å². The molecule has 0 N–H and O–H groups in total. The minimum absolute atomic E-state index is 0.101. The zero-order chi connectivity index (χ0) is 14.4. The van der Waals surface area contributed by atoms with Crippen molar-refractivity contribution >= 4 is 11.6 Å². The Labute approximate surface area is 116 Å². The normalized spacial score (nSPS) is 18.4. The van der Waals surface area contributed by atoms with Gasteiger partial charge in [-0.25, -0.2) is 0 Å². The van der Waals surface area contributed by atoms with Gasteiger partial charge < -0.3 is 18.9 Å². The summed E-state index contributed by atoms with van der Waals surface area (Å²) in [4.78, 5) is 23.7. The summed E-state index contributed by atoms with van der Waals surface area (Å²) in [5.41, 5.74) is 0.396. The molecule has 0 amide bonds. The third kappa shape index (κ3) is 3.63. The number of benzene rings is 1. The molecule has 0 saturated carbocycles. The Morgan fingerprint density at radius 3 is 2.85 bits per heavy atom. The highest BCUT2D eigenvalue weighted by atomic mass is 16.8. The number of fused-ring (bicyclic) bond motifs is 1. The highest BCUT2D eigenvalue weighted by Crippen LogP contribution is 2.25. The highest BCUT2D eigenvalue weighted by Gasteiger charge is 2.30. The molecule has 2 rings (SSSR count). The highest BCUT2D eigenvalue weighted by molar-refractivity contribution is 6.11. The fourth-order valence-electron chi connectivity index (χ4n) is 1.76. The van der Waals surface area contributed by atoms with E-state index in [0.717, 1.165) is 0 Å². The van der Waals surface area contributed by atoms with Crippen LogP contribution in [0, 0.1) is 0 Å². The number of hydrogen-bond donors (Lipinski definition) is 0. The van der Waals surface area contributed by atoms with Crippen LogP contribution in [0.3, 0.4) is 0 Å². The van der Waals surface area contributed by atoms with E-state index in [0.29, 0.717) is 24.5 Å². The van der Waals surface area contributed by atoms with Crippen LogP contribution >= 0.6 is 0 Å². The van der Waals surface area contributed by atoms with Gasteiger partial charge in [0.25, 0.3) is 6.29 Å². The topological polar surface area (TPSA) is 71.1 Å². The average molecular weight is 280 g/mol. The lowest BCUT2D eigenvalue weighted by atomic mass is 10.1. The predicted octanol–water partition coefficient (Wildman–Crippen LogP) is 1.18. The molecule has 0 bridgehead atoms. The molecule has 1 aliphatic heterocycles. The molecule has 108 valence electrons. The molecule has 1 unspecified atom stereocenters. The van der Waals surface area contributed by atoms with E-state index in [-0.39, 0.29) is 19.0 Å². The lowest BCUT2D eigenvalue weighted by molar-refractivity contribution is -0.174. The molecular formula is C14H16O6. The molecule has 0 fully saturated rings. The predicted molar refractivity (Wildman–Crippen MR) is 68.6 cm³/mol. The second-order valence-electron chi connectivity index (χ2n) is 4.20. The Morgan fingerprint density at radius 2 is 2.05 bits per heavy atom. The number of hydrogen-bond acceptors (Lipinski definition) is 6. The SMILES string of the molecule is COCCOCOC1Oc2ccccc2C(=O)CC1=O. The van der Waals surface area contributed by atoms with Crippen LogP contribution in [-0.2, 0) is 19.0 Å². The van der Waals surface area contributed by atoms with E-state index < -0.39 is 12.1 Å². The fraction of sp³-hybridized carbons (Fsp3) is 0.429. The zero-order valence-electron chi connectivity index (χ0n) is 11.2. The van der Waals surface area contributed by atoms with Crippen molar-refractivity contribution in [3.8, 4) is 5.75 Å². The monoisotopic (exact) mass is 280 g/mol. The first-order valence-corrected chi connectivity index (χ1v) is 6.22. The Balaban J connectivity index is 1.97. The molecule has 20 heavy (non-hydrogen) atoms. The van der Waals surface area contributed by atoms with E-state index in [2.05, 4.69) is 0 Å². The maximum absolute atomic E-state index is 11.9. The van der Waals surface area contributed by atoms with Gasteiger partial charge in [-0.1, -0.05) is 12.1 Å². The Hall–Kier alpha value is -1.76. The molecule has 1 atom stereocenters. The van der Waals surface area contributed by atoms with Gasteiger partial charge in [0.1, 0.15) is 5.75 Å². The number of para-hydroxylation sites is 1. The van der Waals surface area contributed by atoms with E-state index >= 15 is 0 Å². The molecule has 0 aromatic heterocycles. The van der Waals surface area contributed by atoms with Crippen molar-refractivity contribution in [1.82, 2.24) is 0 Å². The standard InChI is InChI=1S/C14H16O6/c1-17-6-7-18-9-19-14-12(16)8-11(15)10-4-2-3-5-13(10)20-14/h2-5,14H,6-9H2,1H3. The molecule has 6 heteroatoms. The van der Waals surface area contributed by atoms with Crippen LogP contribution in [-0.4, -0.2) is 45.0 Å². The van der Waals surface area contributed by atoms with Gasteiger partial charge in [-0.3, -0.25) is 9.59 Å². The second-order valence-corrected chi connectivity index (χ2v) is 4.20. The number of methoxy groups -OCH3 is 1. The van der Waals surface area contributed by atoms with E-state index in [1.165, 1.54) is 0 Å². The number of carbonyl (C=O) groups excluding carboxylic acids is 2. The van der Waals surface area contributed by atoms with Crippen molar-refractivity contribution in [2.24, 2.45) is 0 Å². The van der Waals surface area contributed by atoms with Crippen molar-refractivity contribution in [2.45, 2.75) is 12.7 Å². The minimum atomic E-state index is -1.12. The average Bonchev–Trinajstić information content (AvgIpc) is 2.57. The summed E-state index contributed by atoms with van der Waals surface area (Å²) >= 11 is 0. The van der Waals surface area contributed by atoms with E-state index in [1.54, 1.807) is 31.4 Å². The van der Waals surface area contributed by atoms with Crippen LogP contribution in [0.1, 0.15) is 16.8 Å². The Morgan fingerprint density at radius 1 is 1.25 bits per heavy atom. The number of ether oxygens (including phenoxy) is 4. The minimum Gasteiger partial charge on any atom is -0.457 e. The van der Waals surface area contributed by atoms with Gasteiger partial charge >= 0.3 is 0 Å². The third-order valence-electron chi connectivity index (χ3n) is 2.75. The van der Waals surface area contributed by atoms with E-state index in [9.17, 15) is 9.59 Å². The van der Waals surface area contributed by atoms with Crippen molar-refractivity contribution in [2.75, 3.05) is 27.1 Å². The van der Waals surface area contributed by atoms with Gasteiger partial charge in [0, 0.05) is 7.11 Å². The molecule has 0 saturated heterocycles. The zero-order valence-corrected chi connectivity index (χ0v) is 11.2. The molecular weight excluding hydrogens is 264 g/mol. The molecule has 6 nitrogen and oxygen atoms in total. The Kier molecular flexibility index (Phi) is 5.23. The number of rotatable bonds is 6. The quantitative estimate of drug-likeness (QED) is 0.443. The molecule has 1 aliphatic rings. The number of carbonyl (C=O) groups is 2. The fourth-order valence-corrected chi connectivity index (χ4v) is 1.76. The summed E-state index contributed by atoms with van der Waals surface area (Å²) in [7, 11) is 1.56. The van der Waals surface area contributed by atoms with Gasteiger partial charge in [0.15, 0.2) is 12.6 Å². The van der Waals surface area contributed by atoms with Crippen molar-refractivity contribution in [1.29, 1.82) is 0 Å². The molecule has 1 aromatic carbocycles. The molecule has 0 radical (unpaired) electrons. The van der Waals surface area contributed by atoms with Gasteiger partial charge in [-0.2, -0.15) is 0 Å². The van der Waals surface area contributed by atoms with Crippen molar-refractivity contribution in [3.05, 3.63) is 29.8 Å². The summed E-state index contributed by atoms with van der Waals surface area (Å²) in [6.07, 6.45) is -1.36. The van der Waals surface area contributed by atoms with Gasteiger partial charge in [0.05, 0.1) is 25.2 Å². The first-order chi connectivity index (χ1) is 9.72. The summed E-state index contributed by atoms with van der Waals surface area (Å²) in [5.74, 6) is -0.330. The van der Waals surface area contributed by atoms with Gasteiger partial charge in [-0.05, 0) is 12.1 Å². The van der Waals surface area contributed by atoms with Crippen LogP contribution in [0.15, 0.2) is 24.3 Å². The smallest absolute Gasteiger partial charge is 0.262 e. The maximum Gasteiger partial charge on any atom is 0.262 e. The lowest BCUT2D eigenvalue weighted by Gasteiger charge is -2.16. The second kappa shape index (κ2) is 7.14. The van der Waals surface area contributed by atoms with Crippen LogP contribution in [0.5, 0.6) is 5.75 Å². The molecule has 0 spiro atoms. The van der Waals surface area contributed by atoms with Gasteiger partial charge in [-0.15, -0.1) is 0 Å². The van der Waals surface area contributed by atoms with Gasteiger partial charge in [0.2, 0.25) is 5.78 Å². The summed E-state index contributed by atoms with van der Waals surface area (Å²) in [6.45, 7) is 0.688. The molecule has 1 heterocycles. The largest absolute Gasteiger partial charge is 0.457 e. The number of Topliss-reactive ketones (excluding diaryl/α,β-unsaturated/α-hetero) is 2. The summed E-state index contributed by atoms with van der Waals surface area (Å²) in [5, 5.41) is 0. The summed E-state index contributed by atoms with van der Waals surface area (Å²) in [6, 6.07) is 6.71. The summed E-state index contributed by atoms with van der Waals surface area (Å²) < 4.78 is 20.6. The van der Waals surface area contributed by atoms with E-state index in [4.69, 9.17) is 18.9 Å². The Bertz CT molecular complexity index is 484. The molecule has 1 aromatic rings. The number of ketones is 2. The van der Waals surface area contributed by atoms with Crippen molar-refractivity contribution in [3.63, 3.8) is 0 Å². The van der Waals surface area contributed by atoms with Crippen LogP contribution < -0.4 is 4.74 Å². The third-order valence-corrected chi connectivity index (χ3v) is 2.75. The first kappa shape index (κ1) is 14.6. The van der Waals surface area contributed by atoms with Crippen LogP contribution in [0.2, 0.25) is 0 Å².